The van der Waals surface area contributed by atoms with E-state index in [1.165, 1.54) is 19.4 Å². The summed E-state index contributed by atoms with van der Waals surface area (Å²) < 4.78 is 4.96. The average Bonchev–Trinajstić information content (AvgIpc) is 2.14. The van der Waals surface area contributed by atoms with Crippen LogP contribution in [-0.4, -0.2) is 37.6 Å². The predicted molar refractivity (Wildman–Crippen MR) is 70.6 cm³/mol. The Morgan fingerprint density at radius 2 is 1.44 bits per heavy atom. The molecule has 0 atom stereocenters. The fraction of sp³-hybridized carbons (Fsp3) is 0.429. The van der Waals surface area contributed by atoms with Gasteiger partial charge in [-0.15, -0.1) is 0 Å². The number of hydrogen-bond donors (Lipinski definition) is 0. The molecule has 0 saturated heterocycles. The van der Waals surface area contributed by atoms with Gasteiger partial charge in [0.05, 0.1) is 21.1 Å². The van der Waals surface area contributed by atoms with Crippen LogP contribution in [0.5, 0.6) is 0 Å². The molecule has 0 spiro atoms. The van der Waals surface area contributed by atoms with E-state index in [4.69, 9.17) is 0 Å². The van der Waals surface area contributed by atoms with Crippen molar-refractivity contribution in [3.63, 3.8) is 0 Å². The van der Waals surface area contributed by atoms with Crippen LogP contribution in [0.25, 0.3) is 0 Å². The van der Waals surface area contributed by atoms with Gasteiger partial charge < -0.3 is 9.22 Å². The summed E-state index contributed by atoms with van der Waals surface area (Å²) in [7, 11) is 6.60. The molecule has 18 heavy (non-hydrogen) atoms. The SMILES string of the molecule is CC(=O)OC(C)=O.C[N+](C)(C)Cc1ccccc1. The Morgan fingerprint density at radius 3 is 1.72 bits per heavy atom. The summed E-state index contributed by atoms with van der Waals surface area (Å²) in [5.74, 6) is -1.12. The van der Waals surface area contributed by atoms with E-state index in [0.29, 0.717) is 0 Å². The summed E-state index contributed by atoms with van der Waals surface area (Å²) in [5, 5.41) is 0. The van der Waals surface area contributed by atoms with E-state index in [1.54, 1.807) is 0 Å². The van der Waals surface area contributed by atoms with E-state index in [-0.39, 0.29) is 0 Å². The molecule has 100 valence electrons. The minimum absolute atomic E-state index is 0.562. The van der Waals surface area contributed by atoms with Gasteiger partial charge in [-0.1, -0.05) is 30.3 Å². The van der Waals surface area contributed by atoms with Crippen molar-refractivity contribution < 1.29 is 18.8 Å². The molecule has 0 heterocycles. The van der Waals surface area contributed by atoms with Crippen LogP contribution in [0, 0.1) is 0 Å². The van der Waals surface area contributed by atoms with Gasteiger partial charge in [-0.05, 0) is 0 Å². The van der Waals surface area contributed by atoms with Crippen LogP contribution in [0.3, 0.4) is 0 Å². The van der Waals surface area contributed by atoms with E-state index in [2.05, 4.69) is 56.2 Å². The largest absolute Gasteiger partial charge is 0.394 e. The molecule has 0 aromatic heterocycles. The van der Waals surface area contributed by atoms with Crippen molar-refractivity contribution in [1.82, 2.24) is 0 Å². The molecule has 0 aliphatic carbocycles. The van der Waals surface area contributed by atoms with Crippen molar-refractivity contribution in [3.05, 3.63) is 35.9 Å². The summed E-state index contributed by atoms with van der Waals surface area (Å²) in [6, 6.07) is 10.6. The number of carbonyl (C=O) groups excluding carboxylic acids is 2. The topological polar surface area (TPSA) is 43.4 Å². The van der Waals surface area contributed by atoms with Crippen LogP contribution in [0.15, 0.2) is 30.3 Å². The van der Waals surface area contributed by atoms with Crippen LogP contribution in [-0.2, 0) is 20.9 Å². The number of nitrogens with zero attached hydrogens (tertiary/aromatic N) is 1. The van der Waals surface area contributed by atoms with Crippen molar-refractivity contribution in [3.8, 4) is 0 Å². The normalized spacial score (nSPS) is 10.1. The molecule has 0 saturated carbocycles. The highest BCUT2D eigenvalue weighted by atomic mass is 16.6. The summed E-state index contributed by atoms with van der Waals surface area (Å²) >= 11 is 0. The Bertz CT molecular complexity index is 368. The van der Waals surface area contributed by atoms with E-state index >= 15 is 0 Å². The molecule has 4 heteroatoms. The first kappa shape index (κ1) is 16.3. The fourth-order valence-corrected chi connectivity index (χ4v) is 1.33. The minimum Gasteiger partial charge on any atom is -0.394 e. The molecule has 4 nitrogen and oxygen atoms in total. The lowest BCUT2D eigenvalue weighted by Crippen LogP contribution is -2.33. The molecular formula is C14H22NO3+. The number of ether oxygens (including phenoxy) is 1. The fourth-order valence-electron chi connectivity index (χ4n) is 1.33. The molecule has 0 amide bonds. The van der Waals surface area contributed by atoms with Gasteiger partial charge in [0.25, 0.3) is 0 Å². The first-order chi connectivity index (χ1) is 8.20. The molecule has 0 bridgehead atoms. The smallest absolute Gasteiger partial charge is 0.310 e. The maximum absolute atomic E-state index is 9.81. The second-order valence-electron chi connectivity index (χ2n) is 5.02. The molecule has 0 unspecified atom stereocenters. The van der Waals surface area contributed by atoms with Gasteiger partial charge >= 0.3 is 11.9 Å². The maximum atomic E-state index is 9.81. The van der Waals surface area contributed by atoms with Crippen molar-refractivity contribution in [2.45, 2.75) is 20.4 Å². The van der Waals surface area contributed by atoms with Crippen molar-refractivity contribution >= 4 is 11.9 Å². The number of quaternary nitrogens is 1. The van der Waals surface area contributed by atoms with E-state index in [0.717, 1.165) is 11.0 Å². The Labute approximate surface area is 109 Å². The predicted octanol–water partition coefficient (Wildman–Crippen LogP) is 1.99. The van der Waals surface area contributed by atoms with Gasteiger partial charge in [0.1, 0.15) is 6.54 Å². The third-order valence-corrected chi connectivity index (χ3v) is 1.79. The average molecular weight is 252 g/mol. The number of rotatable bonds is 2. The first-order valence-corrected chi connectivity index (χ1v) is 5.74. The van der Waals surface area contributed by atoms with Crippen LogP contribution < -0.4 is 0 Å². The van der Waals surface area contributed by atoms with Gasteiger partial charge in [0.2, 0.25) is 0 Å². The molecule has 1 aromatic rings. The Morgan fingerprint density at radius 1 is 1.00 bits per heavy atom. The number of carbonyl (C=O) groups is 2. The lowest BCUT2D eigenvalue weighted by molar-refractivity contribution is -0.884. The maximum Gasteiger partial charge on any atom is 0.310 e. The third kappa shape index (κ3) is 10.8. The zero-order chi connectivity index (χ0) is 14.2. The van der Waals surface area contributed by atoms with Gasteiger partial charge in [-0.2, -0.15) is 0 Å². The van der Waals surface area contributed by atoms with E-state index < -0.39 is 11.9 Å². The molecule has 1 rings (SSSR count). The Hall–Kier alpha value is -1.68. The van der Waals surface area contributed by atoms with Crippen LogP contribution in [0.1, 0.15) is 19.4 Å². The molecular weight excluding hydrogens is 230 g/mol. The van der Waals surface area contributed by atoms with Gasteiger partial charge in [-0.3, -0.25) is 9.59 Å². The zero-order valence-corrected chi connectivity index (χ0v) is 11.8. The minimum atomic E-state index is -0.562. The van der Waals surface area contributed by atoms with Gasteiger partial charge in [-0.25, -0.2) is 0 Å². The molecule has 0 N–H and O–H groups in total. The van der Waals surface area contributed by atoms with Gasteiger partial charge in [0, 0.05) is 19.4 Å². The number of benzene rings is 1. The molecule has 0 aliphatic rings. The second kappa shape index (κ2) is 7.61. The van der Waals surface area contributed by atoms with E-state index in [9.17, 15) is 9.59 Å². The number of hydrogen-bond acceptors (Lipinski definition) is 3. The highest BCUT2D eigenvalue weighted by molar-refractivity contribution is 5.82. The molecule has 1 aromatic carbocycles. The number of esters is 2. The summed E-state index contributed by atoms with van der Waals surface area (Å²) in [6.45, 7) is 3.46. The van der Waals surface area contributed by atoms with Crippen molar-refractivity contribution in [2.75, 3.05) is 21.1 Å². The molecule has 0 radical (unpaired) electrons. The third-order valence-electron chi connectivity index (χ3n) is 1.79. The standard InChI is InChI=1S/C10H16N.C4H6O3/c1-11(2,3)9-10-7-5-4-6-8-10;1-3(5)7-4(2)6/h4-8H,9H2,1-3H3;1-2H3/q+1;. The quantitative estimate of drug-likeness (QED) is 0.459. The van der Waals surface area contributed by atoms with Crippen molar-refractivity contribution in [1.29, 1.82) is 0 Å². The summed E-state index contributed by atoms with van der Waals surface area (Å²) in [5.41, 5.74) is 1.40. The van der Waals surface area contributed by atoms with Crippen LogP contribution in [0.4, 0.5) is 0 Å². The van der Waals surface area contributed by atoms with E-state index in [1.807, 2.05) is 0 Å². The van der Waals surface area contributed by atoms with Crippen LogP contribution in [0.2, 0.25) is 0 Å². The zero-order valence-electron chi connectivity index (χ0n) is 11.8. The second-order valence-corrected chi connectivity index (χ2v) is 5.02. The molecule has 0 fully saturated rings. The lowest BCUT2D eigenvalue weighted by Gasteiger charge is -2.23. The Kier molecular flexibility index (Phi) is 6.90. The summed E-state index contributed by atoms with van der Waals surface area (Å²) in [4.78, 5) is 19.6. The first-order valence-electron chi connectivity index (χ1n) is 5.74. The monoisotopic (exact) mass is 252 g/mol. The lowest BCUT2D eigenvalue weighted by atomic mass is 10.2. The van der Waals surface area contributed by atoms with Crippen LogP contribution >= 0.6 is 0 Å². The van der Waals surface area contributed by atoms with Crippen molar-refractivity contribution in [2.24, 2.45) is 0 Å². The highest BCUT2D eigenvalue weighted by Crippen LogP contribution is 2.05. The summed E-state index contributed by atoms with van der Waals surface area (Å²) in [6.07, 6.45) is 0. The highest BCUT2D eigenvalue weighted by Gasteiger charge is 2.06. The van der Waals surface area contributed by atoms with Gasteiger partial charge in [0.15, 0.2) is 0 Å². The Balaban J connectivity index is 0.000000360. The molecule has 0 aliphatic heterocycles.